The minimum atomic E-state index is -0.275. The molecule has 2 aromatic rings. The van der Waals surface area contributed by atoms with E-state index in [4.69, 9.17) is 16.3 Å². The average molecular weight is 415 g/mol. The van der Waals surface area contributed by atoms with Crippen LogP contribution in [-0.4, -0.2) is 18.7 Å². The van der Waals surface area contributed by atoms with Crippen molar-refractivity contribution in [3.05, 3.63) is 64.7 Å². The van der Waals surface area contributed by atoms with E-state index in [2.05, 4.69) is 17.5 Å². The maximum atomic E-state index is 12.2. The number of carbonyl (C=O) groups excluding carboxylic acids is 1. The van der Waals surface area contributed by atoms with Crippen molar-refractivity contribution in [2.75, 3.05) is 6.61 Å². The highest BCUT2D eigenvalue weighted by Gasteiger charge is 2.04. The van der Waals surface area contributed by atoms with E-state index in [1.807, 2.05) is 30.3 Å². The van der Waals surface area contributed by atoms with Crippen LogP contribution in [-0.2, 0) is 0 Å². The van der Waals surface area contributed by atoms with Crippen molar-refractivity contribution in [1.82, 2.24) is 5.43 Å². The highest BCUT2D eigenvalue weighted by molar-refractivity contribution is 6.33. The lowest BCUT2D eigenvalue weighted by Gasteiger charge is -2.07. The number of carbonyl (C=O) groups is 1. The molecular weight excluding hydrogens is 384 g/mol. The topological polar surface area (TPSA) is 50.7 Å². The first-order chi connectivity index (χ1) is 14.2. The van der Waals surface area contributed by atoms with E-state index in [1.54, 1.807) is 18.2 Å². The molecule has 4 nitrogen and oxygen atoms in total. The molecule has 0 atom stereocenters. The van der Waals surface area contributed by atoms with E-state index in [9.17, 15) is 4.79 Å². The molecule has 5 heteroatoms. The molecule has 0 unspecified atom stereocenters. The van der Waals surface area contributed by atoms with E-state index >= 15 is 0 Å². The second kappa shape index (κ2) is 13.8. The number of nitrogens with zero attached hydrogens (tertiary/aromatic N) is 1. The van der Waals surface area contributed by atoms with Gasteiger partial charge in [-0.1, -0.05) is 81.7 Å². The summed E-state index contributed by atoms with van der Waals surface area (Å²) in [6.45, 7) is 2.95. The molecule has 0 saturated heterocycles. The minimum absolute atomic E-state index is 0.275. The summed E-state index contributed by atoms with van der Waals surface area (Å²) in [5.41, 5.74) is 3.79. The molecule has 0 aromatic heterocycles. The fourth-order valence-electron chi connectivity index (χ4n) is 2.93. The number of unbranched alkanes of at least 4 members (excludes halogenated alkanes) is 7. The standard InChI is InChI=1S/C24H31ClN2O2/c1-2-3-4-5-6-7-8-11-18-29-22-16-14-20(15-17-22)24(28)27-26-19-21-12-9-10-13-23(21)25/h9-10,12-17,19H,2-8,11,18H2,1H3,(H,27,28). The van der Waals surface area contributed by atoms with Crippen LogP contribution in [0.5, 0.6) is 5.75 Å². The summed E-state index contributed by atoms with van der Waals surface area (Å²) in [6, 6.07) is 14.4. The van der Waals surface area contributed by atoms with Gasteiger partial charge in [-0.3, -0.25) is 4.79 Å². The summed E-state index contributed by atoms with van der Waals surface area (Å²) in [5.74, 6) is 0.506. The van der Waals surface area contributed by atoms with Gasteiger partial charge in [0.05, 0.1) is 12.8 Å². The van der Waals surface area contributed by atoms with Gasteiger partial charge in [0, 0.05) is 16.1 Å². The second-order valence-corrected chi connectivity index (χ2v) is 7.48. The molecule has 0 aliphatic rings. The van der Waals surface area contributed by atoms with Crippen LogP contribution in [0.1, 0.15) is 74.2 Å². The summed E-state index contributed by atoms with van der Waals surface area (Å²) < 4.78 is 5.76. The second-order valence-electron chi connectivity index (χ2n) is 7.07. The van der Waals surface area contributed by atoms with Crippen molar-refractivity contribution in [2.24, 2.45) is 5.10 Å². The minimum Gasteiger partial charge on any atom is -0.494 e. The van der Waals surface area contributed by atoms with Gasteiger partial charge in [-0.15, -0.1) is 0 Å². The van der Waals surface area contributed by atoms with Crippen molar-refractivity contribution in [3.63, 3.8) is 0 Å². The third-order valence-electron chi connectivity index (χ3n) is 4.66. The van der Waals surface area contributed by atoms with Gasteiger partial charge in [-0.05, 0) is 36.8 Å². The van der Waals surface area contributed by atoms with E-state index in [0.29, 0.717) is 17.2 Å². The zero-order valence-corrected chi connectivity index (χ0v) is 18.0. The van der Waals surface area contributed by atoms with Crippen LogP contribution in [0.15, 0.2) is 53.6 Å². The smallest absolute Gasteiger partial charge is 0.271 e. The molecule has 0 bridgehead atoms. The zero-order chi connectivity index (χ0) is 20.7. The van der Waals surface area contributed by atoms with Crippen molar-refractivity contribution >= 4 is 23.7 Å². The van der Waals surface area contributed by atoms with Gasteiger partial charge in [0.1, 0.15) is 5.75 Å². The van der Waals surface area contributed by atoms with E-state index in [0.717, 1.165) is 17.7 Å². The van der Waals surface area contributed by atoms with Gasteiger partial charge in [-0.25, -0.2) is 5.43 Å². The molecule has 0 saturated carbocycles. The molecule has 0 heterocycles. The van der Waals surface area contributed by atoms with Crippen LogP contribution in [0, 0.1) is 0 Å². The van der Waals surface area contributed by atoms with Crippen LogP contribution < -0.4 is 10.2 Å². The van der Waals surface area contributed by atoms with Gasteiger partial charge in [0.15, 0.2) is 0 Å². The molecule has 156 valence electrons. The number of hydrogen-bond acceptors (Lipinski definition) is 3. The average Bonchev–Trinajstić information content (AvgIpc) is 2.74. The van der Waals surface area contributed by atoms with Crippen LogP contribution >= 0.6 is 11.6 Å². The molecule has 0 aliphatic heterocycles. The predicted molar refractivity (Wildman–Crippen MR) is 121 cm³/mol. The number of halogens is 1. The Morgan fingerprint density at radius 3 is 2.31 bits per heavy atom. The third-order valence-corrected chi connectivity index (χ3v) is 5.00. The Hall–Kier alpha value is -2.33. The Balaban J connectivity index is 1.65. The Kier molecular flexibility index (Phi) is 10.9. The van der Waals surface area contributed by atoms with Gasteiger partial charge in [-0.2, -0.15) is 5.10 Å². The van der Waals surface area contributed by atoms with E-state index in [-0.39, 0.29) is 5.91 Å². The number of hydrazone groups is 1. The lowest BCUT2D eigenvalue weighted by molar-refractivity contribution is 0.0955. The van der Waals surface area contributed by atoms with Gasteiger partial charge >= 0.3 is 0 Å². The summed E-state index contributed by atoms with van der Waals surface area (Å²) >= 11 is 6.05. The summed E-state index contributed by atoms with van der Waals surface area (Å²) in [5, 5.41) is 4.55. The lowest BCUT2D eigenvalue weighted by atomic mass is 10.1. The number of benzene rings is 2. The molecule has 0 spiro atoms. The monoisotopic (exact) mass is 414 g/mol. The maximum absolute atomic E-state index is 12.2. The summed E-state index contributed by atoms with van der Waals surface area (Å²) in [7, 11) is 0. The van der Waals surface area contributed by atoms with Gasteiger partial charge < -0.3 is 4.74 Å². The normalized spacial score (nSPS) is 11.0. The van der Waals surface area contributed by atoms with E-state index < -0.39 is 0 Å². The molecule has 1 N–H and O–H groups in total. The maximum Gasteiger partial charge on any atom is 0.271 e. The third kappa shape index (κ3) is 9.14. The molecule has 0 fully saturated rings. The first-order valence-electron chi connectivity index (χ1n) is 10.5. The highest BCUT2D eigenvalue weighted by atomic mass is 35.5. The Morgan fingerprint density at radius 2 is 1.62 bits per heavy atom. The Labute approximate surface area is 179 Å². The number of ether oxygens (including phenoxy) is 1. The molecule has 1 amide bonds. The Morgan fingerprint density at radius 1 is 0.966 bits per heavy atom. The van der Waals surface area contributed by atoms with Crippen molar-refractivity contribution in [1.29, 1.82) is 0 Å². The SMILES string of the molecule is CCCCCCCCCCOc1ccc(C(=O)NN=Cc2ccccc2Cl)cc1. The molecule has 29 heavy (non-hydrogen) atoms. The molecule has 2 rings (SSSR count). The first-order valence-corrected chi connectivity index (χ1v) is 10.9. The largest absolute Gasteiger partial charge is 0.494 e. The lowest BCUT2D eigenvalue weighted by Crippen LogP contribution is -2.17. The molecule has 0 aliphatic carbocycles. The van der Waals surface area contributed by atoms with Crippen LogP contribution in [0.2, 0.25) is 5.02 Å². The number of rotatable bonds is 13. The van der Waals surface area contributed by atoms with Crippen molar-refractivity contribution in [2.45, 2.75) is 58.3 Å². The van der Waals surface area contributed by atoms with Gasteiger partial charge in [0.25, 0.3) is 5.91 Å². The Bertz CT molecular complexity index is 760. The fourth-order valence-corrected chi connectivity index (χ4v) is 3.12. The fraction of sp³-hybridized carbons (Fsp3) is 0.417. The van der Waals surface area contributed by atoms with E-state index in [1.165, 1.54) is 51.2 Å². The zero-order valence-electron chi connectivity index (χ0n) is 17.2. The summed E-state index contributed by atoms with van der Waals surface area (Å²) in [4.78, 5) is 12.2. The molecule has 0 radical (unpaired) electrons. The van der Waals surface area contributed by atoms with Crippen LogP contribution in [0.4, 0.5) is 0 Å². The predicted octanol–water partition coefficient (Wildman–Crippen LogP) is 6.62. The van der Waals surface area contributed by atoms with Crippen LogP contribution in [0.3, 0.4) is 0 Å². The number of nitrogens with one attached hydrogen (secondary N) is 1. The quantitative estimate of drug-likeness (QED) is 0.227. The van der Waals surface area contributed by atoms with Crippen molar-refractivity contribution < 1.29 is 9.53 Å². The van der Waals surface area contributed by atoms with Crippen molar-refractivity contribution in [3.8, 4) is 5.75 Å². The summed E-state index contributed by atoms with van der Waals surface area (Å²) in [6.07, 6.45) is 11.8. The molecule has 2 aromatic carbocycles. The van der Waals surface area contributed by atoms with Gasteiger partial charge in [0.2, 0.25) is 0 Å². The highest BCUT2D eigenvalue weighted by Crippen LogP contribution is 2.14. The first kappa shape index (κ1) is 23.0. The number of hydrogen-bond donors (Lipinski definition) is 1. The number of amides is 1. The molecular formula is C24H31ClN2O2. The van der Waals surface area contributed by atoms with Crippen LogP contribution in [0.25, 0.3) is 0 Å².